The maximum Gasteiger partial charge on any atom is 0.207 e. The Balaban J connectivity index is 1.99. The van der Waals surface area contributed by atoms with Crippen LogP contribution in [0.15, 0.2) is 41.3 Å². The van der Waals surface area contributed by atoms with Crippen molar-refractivity contribution in [2.24, 2.45) is 0 Å². The molecular formula is C21H13F2N3O. The van der Waals surface area contributed by atoms with Gasteiger partial charge < -0.3 is 4.57 Å². The van der Waals surface area contributed by atoms with Crippen molar-refractivity contribution in [3.05, 3.63) is 80.6 Å². The topological polar surface area (TPSA) is 69.6 Å². The third-order valence-corrected chi connectivity index (χ3v) is 4.87. The van der Waals surface area contributed by atoms with Gasteiger partial charge in [-0.3, -0.25) is 4.79 Å². The van der Waals surface area contributed by atoms with E-state index in [0.29, 0.717) is 11.1 Å². The van der Waals surface area contributed by atoms with Crippen molar-refractivity contribution in [2.75, 3.05) is 0 Å². The van der Waals surface area contributed by atoms with Crippen molar-refractivity contribution >= 4 is 10.9 Å². The van der Waals surface area contributed by atoms with E-state index in [1.165, 1.54) is 6.20 Å². The average molecular weight is 361 g/mol. The van der Waals surface area contributed by atoms with Gasteiger partial charge in [0.25, 0.3) is 0 Å². The first-order valence-electron chi connectivity index (χ1n) is 8.49. The Morgan fingerprint density at radius 2 is 1.81 bits per heavy atom. The lowest BCUT2D eigenvalue weighted by molar-refractivity contribution is 0.562. The molecule has 1 aromatic heterocycles. The van der Waals surface area contributed by atoms with Crippen LogP contribution in [0.25, 0.3) is 10.9 Å². The minimum absolute atomic E-state index is 0.000550. The summed E-state index contributed by atoms with van der Waals surface area (Å²) in [5, 5.41) is 18.3. The van der Waals surface area contributed by atoms with Crippen molar-refractivity contribution in [1.82, 2.24) is 4.57 Å². The maximum absolute atomic E-state index is 15.4. The van der Waals surface area contributed by atoms with Gasteiger partial charge in [-0.2, -0.15) is 10.5 Å². The molecule has 4 rings (SSSR count). The van der Waals surface area contributed by atoms with E-state index in [1.54, 1.807) is 34.9 Å². The maximum atomic E-state index is 15.4. The van der Waals surface area contributed by atoms with E-state index in [2.05, 4.69) is 0 Å². The van der Waals surface area contributed by atoms with Gasteiger partial charge in [0.05, 0.1) is 22.5 Å². The van der Waals surface area contributed by atoms with E-state index in [0.717, 1.165) is 18.9 Å². The molecule has 0 aliphatic heterocycles. The van der Waals surface area contributed by atoms with Crippen molar-refractivity contribution in [1.29, 1.82) is 10.5 Å². The van der Waals surface area contributed by atoms with Crippen LogP contribution in [0.4, 0.5) is 8.78 Å². The number of benzene rings is 2. The van der Waals surface area contributed by atoms with Crippen LogP contribution >= 0.6 is 0 Å². The highest BCUT2D eigenvalue weighted by Gasteiger charge is 2.28. The summed E-state index contributed by atoms with van der Waals surface area (Å²) in [4.78, 5) is 12.4. The summed E-state index contributed by atoms with van der Waals surface area (Å²) in [7, 11) is 0. The molecule has 6 heteroatoms. The molecule has 1 saturated carbocycles. The highest BCUT2D eigenvalue weighted by Crippen LogP contribution is 2.38. The minimum Gasteiger partial charge on any atom is -0.340 e. The van der Waals surface area contributed by atoms with Gasteiger partial charge in [-0.25, -0.2) is 8.78 Å². The third-order valence-electron chi connectivity index (χ3n) is 4.87. The number of pyridine rings is 1. The SMILES string of the molecule is N#Cc1ccccc1Cc1c(F)cc2c(=O)c(C#N)cn(C3CC3)c2c1F. The minimum atomic E-state index is -0.859. The zero-order valence-electron chi connectivity index (χ0n) is 14.2. The van der Waals surface area contributed by atoms with E-state index < -0.39 is 17.1 Å². The molecule has 4 nitrogen and oxygen atoms in total. The van der Waals surface area contributed by atoms with Gasteiger partial charge in [-0.1, -0.05) is 18.2 Å². The molecular weight excluding hydrogens is 348 g/mol. The van der Waals surface area contributed by atoms with Crippen LogP contribution < -0.4 is 5.43 Å². The first-order chi connectivity index (χ1) is 13.0. The molecule has 1 aliphatic rings. The molecule has 0 atom stereocenters. The predicted molar refractivity (Wildman–Crippen MR) is 95.1 cm³/mol. The number of halogens is 2. The predicted octanol–water partition coefficient (Wildman–Crippen LogP) is 3.95. The van der Waals surface area contributed by atoms with Crippen LogP contribution in [-0.4, -0.2) is 4.57 Å². The lowest BCUT2D eigenvalue weighted by Gasteiger charge is -2.15. The number of hydrogen-bond donors (Lipinski definition) is 0. The molecule has 1 aliphatic carbocycles. The van der Waals surface area contributed by atoms with Crippen LogP contribution in [0.3, 0.4) is 0 Å². The first-order valence-corrected chi connectivity index (χ1v) is 8.49. The van der Waals surface area contributed by atoms with Gasteiger partial charge in [0.2, 0.25) is 5.43 Å². The average Bonchev–Trinajstić information content (AvgIpc) is 3.51. The summed E-state index contributed by atoms with van der Waals surface area (Å²) in [6, 6.07) is 11.4. The Labute approximate surface area is 153 Å². The fraction of sp³-hybridized carbons (Fsp3) is 0.190. The third kappa shape index (κ3) is 2.76. The summed E-state index contributed by atoms with van der Waals surface area (Å²) >= 11 is 0. The standard InChI is InChI=1S/C21H13F2N3O/c22-18-8-17-20(26(15-5-6-15)11-14(10-25)21(17)27)19(23)16(18)7-12-3-1-2-4-13(12)9-24/h1-4,8,11,15H,5-7H2. The second-order valence-electron chi connectivity index (χ2n) is 6.61. The van der Waals surface area contributed by atoms with Crippen molar-refractivity contribution in [3.8, 4) is 12.1 Å². The van der Waals surface area contributed by atoms with E-state index in [9.17, 15) is 14.4 Å². The molecule has 1 fully saturated rings. The zero-order valence-corrected chi connectivity index (χ0v) is 14.2. The molecule has 2 aromatic carbocycles. The van der Waals surface area contributed by atoms with E-state index in [1.807, 2.05) is 6.07 Å². The van der Waals surface area contributed by atoms with E-state index in [4.69, 9.17) is 5.26 Å². The number of nitriles is 2. The Hall–Kier alpha value is -3.51. The molecule has 0 unspecified atom stereocenters. The zero-order chi connectivity index (χ0) is 19.1. The summed E-state index contributed by atoms with van der Waals surface area (Å²) in [6.07, 6.45) is 2.88. The fourth-order valence-corrected chi connectivity index (χ4v) is 3.34. The summed E-state index contributed by atoms with van der Waals surface area (Å²) < 4.78 is 31.6. The number of fused-ring (bicyclic) bond motifs is 1. The number of rotatable bonds is 3. The Morgan fingerprint density at radius 3 is 2.48 bits per heavy atom. The molecule has 1 heterocycles. The highest BCUT2D eigenvalue weighted by atomic mass is 19.1. The van der Waals surface area contributed by atoms with Crippen molar-refractivity contribution in [3.63, 3.8) is 0 Å². The molecule has 27 heavy (non-hydrogen) atoms. The van der Waals surface area contributed by atoms with Crippen LogP contribution in [-0.2, 0) is 6.42 Å². The van der Waals surface area contributed by atoms with Gasteiger partial charge >= 0.3 is 0 Å². The molecule has 0 spiro atoms. The Bertz CT molecular complexity index is 1230. The largest absolute Gasteiger partial charge is 0.340 e. The fourth-order valence-electron chi connectivity index (χ4n) is 3.34. The lowest BCUT2D eigenvalue weighted by Crippen LogP contribution is -2.15. The van der Waals surface area contributed by atoms with Crippen LogP contribution in [0.2, 0.25) is 0 Å². The first kappa shape index (κ1) is 16.9. The molecule has 0 amide bonds. The molecule has 132 valence electrons. The quantitative estimate of drug-likeness (QED) is 0.709. The molecule has 0 saturated heterocycles. The summed E-state index contributed by atoms with van der Waals surface area (Å²) in [6.45, 7) is 0. The van der Waals surface area contributed by atoms with Gasteiger partial charge in [-0.05, 0) is 30.5 Å². The second-order valence-corrected chi connectivity index (χ2v) is 6.61. The molecule has 0 bridgehead atoms. The smallest absolute Gasteiger partial charge is 0.207 e. The number of nitrogens with zero attached hydrogens (tertiary/aromatic N) is 3. The van der Waals surface area contributed by atoms with Crippen molar-refractivity contribution in [2.45, 2.75) is 25.3 Å². The Kier molecular flexibility index (Phi) is 3.97. The van der Waals surface area contributed by atoms with E-state index in [-0.39, 0.29) is 34.5 Å². The van der Waals surface area contributed by atoms with Crippen molar-refractivity contribution < 1.29 is 8.78 Å². The molecule has 0 N–H and O–H groups in total. The van der Waals surface area contributed by atoms with Gasteiger partial charge in [0, 0.05) is 24.2 Å². The summed E-state index contributed by atoms with van der Waals surface area (Å²) in [5.74, 6) is -1.67. The highest BCUT2D eigenvalue weighted by molar-refractivity contribution is 5.82. The van der Waals surface area contributed by atoms with Crippen LogP contribution in [0.5, 0.6) is 0 Å². The van der Waals surface area contributed by atoms with Crippen LogP contribution in [0, 0.1) is 34.3 Å². The van der Waals surface area contributed by atoms with Gasteiger partial charge in [0.1, 0.15) is 17.4 Å². The summed E-state index contributed by atoms with van der Waals surface area (Å²) in [5.41, 5.74) is -0.125. The van der Waals surface area contributed by atoms with Gasteiger partial charge in [0.15, 0.2) is 5.82 Å². The Morgan fingerprint density at radius 1 is 1.11 bits per heavy atom. The number of hydrogen-bond acceptors (Lipinski definition) is 3. The molecule has 0 radical (unpaired) electrons. The molecule has 3 aromatic rings. The number of aromatic nitrogens is 1. The normalized spacial score (nSPS) is 13.3. The monoisotopic (exact) mass is 361 g/mol. The second kappa shape index (κ2) is 6.34. The lowest BCUT2D eigenvalue weighted by atomic mass is 9.97. The van der Waals surface area contributed by atoms with E-state index >= 15 is 4.39 Å². The van der Waals surface area contributed by atoms with Gasteiger partial charge in [-0.15, -0.1) is 0 Å². The van der Waals surface area contributed by atoms with Crippen LogP contribution in [0.1, 0.15) is 41.1 Å².